The third kappa shape index (κ3) is 5.75. The van der Waals surface area contributed by atoms with Gasteiger partial charge < -0.3 is 10.2 Å². The molecule has 184 valence electrons. The second-order valence-electron chi connectivity index (χ2n) is 9.34. The number of nitriles is 1. The van der Waals surface area contributed by atoms with Gasteiger partial charge in [-0.25, -0.2) is 8.42 Å². The smallest absolute Gasteiger partial charge is 0.263 e. The van der Waals surface area contributed by atoms with Crippen molar-refractivity contribution in [3.05, 3.63) is 76.5 Å². The third-order valence-electron chi connectivity index (χ3n) is 6.83. The van der Waals surface area contributed by atoms with Crippen LogP contribution >= 0.6 is 0 Å². The minimum absolute atomic E-state index is 0.0182. The molecule has 0 radical (unpaired) electrons. The van der Waals surface area contributed by atoms with E-state index in [1.165, 1.54) is 28.3 Å². The summed E-state index contributed by atoms with van der Waals surface area (Å²) in [5.74, 6) is -0.424. The van der Waals surface area contributed by atoms with Gasteiger partial charge in [-0.05, 0) is 68.4 Å². The molecular formula is C27H32N4O3S. The van der Waals surface area contributed by atoms with Crippen LogP contribution in [0.25, 0.3) is 0 Å². The van der Waals surface area contributed by atoms with Crippen molar-refractivity contribution in [3.8, 4) is 6.07 Å². The molecule has 2 aliphatic rings. The van der Waals surface area contributed by atoms with Crippen LogP contribution in [0, 0.1) is 18.3 Å². The van der Waals surface area contributed by atoms with Crippen LogP contribution in [0.2, 0.25) is 0 Å². The van der Waals surface area contributed by atoms with Gasteiger partial charge in [-0.15, -0.1) is 0 Å². The number of amides is 1. The molecule has 0 aromatic heterocycles. The fourth-order valence-electron chi connectivity index (χ4n) is 4.63. The molecule has 0 saturated carbocycles. The van der Waals surface area contributed by atoms with Gasteiger partial charge in [0.1, 0.15) is 11.6 Å². The predicted octanol–water partition coefficient (Wildman–Crippen LogP) is 3.47. The van der Waals surface area contributed by atoms with Crippen molar-refractivity contribution in [2.24, 2.45) is 0 Å². The van der Waals surface area contributed by atoms with Crippen molar-refractivity contribution in [2.45, 2.75) is 50.5 Å². The maximum Gasteiger partial charge on any atom is 0.263 e. The highest BCUT2D eigenvalue weighted by atomic mass is 32.2. The van der Waals surface area contributed by atoms with Crippen molar-refractivity contribution >= 4 is 15.9 Å². The minimum atomic E-state index is -3.56. The summed E-state index contributed by atoms with van der Waals surface area (Å²) in [6, 6.07) is 15.0. The van der Waals surface area contributed by atoms with E-state index in [2.05, 4.69) is 23.5 Å². The summed E-state index contributed by atoms with van der Waals surface area (Å²) in [7, 11) is -3.56. The number of benzene rings is 2. The first-order valence-electron chi connectivity index (χ1n) is 12.1. The fraction of sp³-hybridized carbons (Fsp3) is 0.407. The Morgan fingerprint density at radius 3 is 2.34 bits per heavy atom. The molecule has 35 heavy (non-hydrogen) atoms. The van der Waals surface area contributed by atoms with E-state index in [0.717, 1.165) is 24.0 Å². The highest BCUT2D eigenvalue weighted by Gasteiger charge is 2.28. The lowest BCUT2D eigenvalue weighted by Crippen LogP contribution is -2.47. The van der Waals surface area contributed by atoms with Crippen LogP contribution in [0.15, 0.2) is 59.1 Å². The molecule has 0 bridgehead atoms. The number of nitrogens with zero attached hydrogens (tertiary/aromatic N) is 3. The molecule has 1 heterocycles. The van der Waals surface area contributed by atoms with Crippen LogP contribution in [0.1, 0.15) is 48.1 Å². The zero-order chi connectivity index (χ0) is 25.0. The lowest BCUT2D eigenvalue weighted by Gasteiger charge is -2.33. The Kier molecular flexibility index (Phi) is 7.58. The Morgan fingerprint density at radius 1 is 1.03 bits per heavy atom. The quantitative estimate of drug-likeness (QED) is 0.492. The highest BCUT2D eigenvalue weighted by molar-refractivity contribution is 7.89. The van der Waals surface area contributed by atoms with Crippen molar-refractivity contribution < 1.29 is 13.2 Å². The largest absolute Gasteiger partial charge is 0.373 e. The number of fused-ring (bicyclic) bond motifs is 1. The Hall–Kier alpha value is -3.15. The molecule has 2 aromatic carbocycles. The van der Waals surface area contributed by atoms with Gasteiger partial charge in [-0.3, -0.25) is 4.79 Å². The zero-order valence-corrected chi connectivity index (χ0v) is 21.1. The fourth-order valence-corrected chi connectivity index (χ4v) is 6.06. The summed E-state index contributed by atoms with van der Waals surface area (Å²) in [5.41, 5.74) is 4.79. The van der Waals surface area contributed by atoms with E-state index < -0.39 is 15.9 Å². The molecular weight excluding hydrogens is 460 g/mol. The van der Waals surface area contributed by atoms with Crippen molar-refractivity contribution in [2.75, 3.05) is 26.2 Å². The second-order valence-corrected chi connectivity index (χ2v) is 11.3. The van der Waals surface area contributed by atoms with Gasteiger partial charge in [0, 0.05) is 32.4 Å². The van der Waals surface area contributed by atoms with Crippen LogP contribution < -0.4 is 5.32 Å². The number of hydrogen-bond acceptors (Lipinski definition) is 5. The maximum atomic E-state index is 12.9. The van der Waals surface area contributed by atoms with E-state index in [0.29, 0.717) is 26.2 Å². The lowest BCUT2D eigenvalue weighted by molar-refractivity contribution is -0.117. The van der Waals surface area contributed by atoms with E-state index >= 15 is 0 Å². The first-order valence-corrected chi connectivity index (χ1v) is 13.6. The number of carbonyl (C=O) groups excluding carboxylic acids is 1. The van der Waals surface area contributed by atoms with Gasteiger partial charge in [0.15, 0.2) is 0 Å². The van der Waals surface area contributed by atoms with Crippen LogP contribution in [0.3, 0.4) is 0 Å². The average molecular weight is 493 g/mol. The SMILES string of the molecule is Cc1ccc(S(=O)(=O)N2CCN(/C=C(/C#N)C(=O)NC(C)c3ccc4c(c3)CCCC4)CC2)cc1. The lowest BCUT2D eigenvalue weighted by atomic mass is 9.89. The summed E-state index contributed by atoms with van der Waals surface area (Å²) < 4.78 is 27.3. The molecule has 2 aromatic rings. The van der Waals surface area contributed by atoms with Gasteiger partial charge in [-0.1, -0.05) is 35.9 Å². The summed E-state index contributed by atoms with van der Waals surface area (Å²) in [4.78, 5) is 14.9. The first kappa shape index (κ1) is 25.0. The van der Waals surface area contributed by atoms with Gasteiger partial charge in [0.05, 0.1) is 10.9 Å². The molecule has 7 nitrogen and oxygen atoms in total. The molecule has 1 atom stereocenters. The molecule has 1 aliphatic heterocycles. The molecule has 0 spiro atoms. The highest BCUT2D eigenvalue weighted by Crippen LogP contribution is 2.25. The number of rotatable bonds is 6. The minimum Gasteiger partial charge on any atom is -0.373 e. The van der Waals surface area contributed by atoms with E-state index in [9.17, 15) is 18.5 Å². The molecule has 1 N–H and O–H groups in total. The number of piperazine rings is 1. The van der Waals surface area contributed by atoms with Gasteiger partial charge >= 0.3 is 0 Å². The summed E-state index contributed by atoms with van der Waals surface area (Å²) in [6.45, 7) is 5.23. The number of carbonyl (C=O) groups is 1. The molecule has 1 amide bonds. The molecule has 1 unspecified atom stereocenters. The topological polar surface area (TPSA) is 93.5 Å². The molecule has 4 rings (SSSR count). The Balaban J connectivity index is 1.37. The van der Waals surface area contributed by atoms with Crippen LogP contribution in [0.5, 0.6) is 0 Å². The normalized spacial score (nSPS) is 17.9. The number of aryl methyl sites for hydroxylation is 3. The maximum absolute atomic E-state index is 12.9. The van der Waals surface area contributed by atoms with Gasteiger partial charge in [-0.2, -0.15) is 9.57 Å². The Morgan fingerprint density at radius 2 is 1.69 bits per heavy atom. The molecule has 1 fully saturated rings. The van der Waals surface area contributed by atoms with E-state index in [1.807, 2.05) is 24.8 Å². The van der Waals surface area contributed by atoms with E-state index in [1.54, 1.807) is 30.5 Å². The molecule has 8 heteroatoms. The van der Waals surface area contributed by atoms with E-state index in [-0.39, 0.29) is 16.5 Å². The monoisotopic (exact) mass is 492 g/mol. The van der Waals surface area contributed by atoms with Crippen molar-refractivity contribution in [1.29, 1.82) is 5.26 Å². The van der Waals surface area contributed by atoms with Crippen LogP contribution in [-0.4, -0.2) is 49.7 Å². The molecule has 1 saturated heterocycles. The number of hydrogen-bond donors (Lipinski definition) is 1. The van der Waals surface area contributed by atoms with E-state index in [4.69, 9.17) is 0 Å². The zero-order valence-electron chi connectivity index (χ0n) is 20.3. The molecule has 1 aliphatic carbocycles. The van der Waals surface area contributed by atoms with Crippen LogP contribution in [0.4, 0.5) is 0 Å². The Labute approximate surface area is 208 Å². The second kappa shape index (κ2) is 10.6. The van der Waals surface area contributed by atoms with Crippen molar-refractivity contribution in [1.82, 2.24) is 14.5 Å². The third-order valence-corrected chi connectivity index (χ3v) is 8.74. The first-order chi connectivity index (χ1) is 16.8. The average Bonchev–Trinajstić information content (AvgIpc) is 2.87. The summed E-state index contributed by atoms with van der Waals surface area (Å²) >= 11 is 0. The summed E-state index contributed by atoms with van der Waals surface area (Å²) in [6.07, 6.45) is 6.14. The van der Waals surface area contributed by atoms with Crippen molar-refractivity contribution in [3.63, 3.8) is 0 Å². The van der Waals surface area contributed by atoms with Gasteiger partial charge in [0.2, 0.25) is 10.0 Å². The standard InChI is InChI=1S/C27H32N4O3S/c1-20-7-11-26(12-8-20)35(33,34)31-15-13-30(14-16-31)19-25(18-28)27(32)29-21(2)23-10-9-22-5-3-4-6-24(22)17-23/h7-12,17,19,21H,3-6,13-16H2,1-2H3,(H,29,32)/b25-19-. The summed E-state index contributed by atoms with van der Waals surface area (Å²) in [5, 5.41) is 12.5. The van der Waals surface area contributed by atoms with Crippen LogP contribution in [-0.2, 0) is 27.7 Å². The number of nitrogens with one attached hydrogen (secondary N) is 1. The van der Waals surface area contributed by atoms with Gasteiger partial charge in [0.25, 0.3) is 5.91 Å². The predicted molar refractivity (Wildman–Crippen MR) is 135 cm³/mol. The Bertz CT molecular complexity index is 1250. The number of sulfonamides is 1.